The Hall–Kier alpha value is -2.37. The zero-order valence-corrected chi connectivity index (χ0v) is 17.7. The molecule has 1 atom stereocenters. The summed E-state index contributed by atoms with van der Waals surface area (Å²) in [6, 6.07) is 7.11. The van der Waals surface area contributed by atoms with Gasteiger partial charge in [0.2, 0.25) is 5.13 Å². The molecule has 4 rings (SSSR count). The molecule has 0 bridgehead atoms. The molecule has 1 saturated heterocycles. The first-order chi connectivity index (χ1) is 14.8. The van der Waals surface area contributed by atoms with E-state index >= 15 is 0 Å². The van der Waals surface area contributed by atoms with Crippen LogP contribution in [0.25, 0.3) is 10.2 Å². The van der Waals surface area contributed by atoms with Crippen LogP contribution in [0.1, 0.15) is 13.3 Å². The molecular weight excluding hydrogens is 431 g/mol. The zero-order chi connectivity index (χ0) is 22.0. The first-order valence-corrected chi connectivity index (χ1v) is 10.8. The number of hydrogen-bond donors (Lipinski definition) is 0. The molecule has 3 heterocycles. The molecular formula is C20H22F3N5O2S. The second-order valence-electron chi connectivity index (χ2n) is 7.36. The summed E-state index contributed by atoms with van der Waals surface area (Å²) in [5.74, 6) is -2.32. The highest BCUT2D eigenvalue weighted by atomic mass is 32.1. The number of aliphatic imine (C=N–C) groups is 1. The van der Waals surface area contributed by atoms with Crippen molar-refractivity contribution in [1.82, 2.24) is 9.88 Å². The van der Waals surface area contributed by atoms with Gasteiger partial charge in [-0.3, -0.25) is 14.7 Å². The van der Waals surface area contributed by atoms with Gasteiger partial charge in [0.05, 0.1) is 23.4 Å². The number of morpholine rings is 1. The second kappa shape index (κ2) is 9.01. The smallest absolute Gasteiger partial charge is 0.379 e. The zero-order valence-electron chi connectivity index (χ0n) is 16.9. The van der Waals surface area contributed by atoms with Crippen LogP contribution in [0.4, 0.5) is 18.3 Å². The van der Waals surface area contributed by atoms with Gasteiger partial charge in [0.1, 0.15) is 5.92 Å². The van der Waals surface area contributed by atoms with Gasteiger partial charge in [0.15, 0.2) is 5.71 Å². The number of halogens is 3. The van der Waals surface area contributed by atoms with Crippen LogP contribution in [-0.4, -0.2) is 72.8 Å². The molecule has 11 heteroatoms. The molecule has 1 fully saturated rings. The van der Waals surface area contributed by atoms with Gasteiger partial charge in [0.25, 0.3) is 5.91 Å². The SMILES string of the molecule is CC(=NCCCN1CCOCC1)C1C(=O)N(c2nc3ccccc3s2)N=C1C(F)(F)F. The lowest BCUT2D eigenvalue weighted by Crippen LogP contribution is -2.38. The number of aromatic nitrogens is 1. The van der Waals surface area contributed by atoms with Crippen molar-refractivity contribution in [2.24, 2.45) is 16.0 Å². The largest absolute Gasteiger partial charge is 0.432 e. The van der Waals surface area contributed by atoms with Crippen molar-refractivity contribution in [3.05, 3.63) is 24.3 Å². The predicted molar refractivity (Wildman–Crippen MR) is 114 cm³/mol. The number of ether oxygens (including phenoxy) is 1. The molecule has 0 radical (unpaired) electrons. The number of benzene rings is 1. The van der Waals surface area contributed by atoms with Gasteiger partial charge in [-0.1, -0.05) is 23.5 Å². The molecule has 0 aliphatic carbocycles. The molecule has 166 valence electrons. The van der Waals surface area contributed by atoms with E-state index in [1.807, 2.05) is 0 Å². The number of thiazole rings is 1. The van der Waals surface area contributed by atoms with E-state index < -0.39 is 23.7 Å². The van der Waals surface area contributed by atoms with Crippen molar-refractivity contribution in [1.29, 1.82) is 0 Å². The molecule has 1 aromatic carbocycles. The fourth-order valence-corrected chi connectivity index (χ4v) is 4.53. The van der Waals surface area contributed by atoms with Gasteiger partial charge in [-0.05, 0) is 25.5 Å². The Morgan fingerprint density at radius 2 is 2.03 bits per heavy atom. The topological polar surface area (TPSA) is 70.4 Å². The minimum Gasteiger partial charge on any atom is -0.379 e. The van der Waals surface area contributed by atoms with Crippen LogP contribution in [0, 0.1) is 5.92 Å². The first kappa shape index (κ1) is 21.8. The summed E-state index contributed by atoms with van der Waals surface area (Å²) in [6.07, 6.45) is -4.05. The predicted octanol–water partition coefficient (Wildman–Crippen LogP) is 3.36. The monoisotopic (exact) mass is 453 g/mol. The molecule has 0 spiro atoms. The number of amides is 1. The standard InChI is InChI=1S/C20H22F3N5O2S/c1-13(24-7-4-8-27-9-11-30-12-10-27)16-17(20(21,22)23)26-28(18(16)29)19-25-14-5-2-3-6-15(14)31-19/h2-3,5-6,16H,4,7-12H2,1H3. The van der Waals surface area contributed by atoms with Crippen molar-refractivity contribution >= 4 is 44.0 Å². The Kier molecular flexibility index (Phi) is 6.35. The summed E-state index contributed by atoms with van der Waals surface area (Å²) >= 11 is 1.13. The minimum absolute atomic E-state index is 0.117. The summed E-state index contributed by atoms with van der Waals surface area (Å²) < 4.78 is 47.1. The van der Waals surface area contributed by atoms with Crippen LogP contribution in [0.5, 0.6) is 0 Å². The number of hydrogen-bond acceptors (Lipinski definition) is 7. The van der Waals surface area contributed by atoms with Gasteiger partial charge in [-0.2, -0.15) is 23.3 Å². The maximum atomic E-state index is 13.7. The summed E-state index contributed by atoms with van der Waals surface area (Å²) in [4.78, 5) is 23.7. The lowest BCUT2D eigenvalue weighted by molar-refractivity contribution is -0.119. The van der Waals surface area contributed by atoms with Crippen molar-refractivity contribution < 1.29 is 22.7 Å². The van der Waals surface area contributed by atoms with Crippen LogP contribution in [0.3, 0.4) is 0 Å². The van der Waals surface area contributed by atoms with Crippen molar-refractivity contribution in [2.45, 2.75) is 19.5 Å². The molecule has 1 unspecified atom stereocenters. The number of anilines is 1. The number of carbonyl (C=O) groups is 1. The van der Waals surface area contributed by atoms with Crippen LogP contribution >= 0.6 is 11.3 Å². The lowest BCUT2D eigenvalue weighted by atomic mass is 9.98. The fraction of sp³-hybridized carbons (Fsp3) is 0.500. The number of nitrogens with zero attached hydrogens (tertiary/aromatic N) is 5. The van der Waals surface area contributed by atoms with Crippen LogP contribution < -0.4 is 5.01 Å². The average molecular weight is 453 g/mol. The van der Waals surface area contributed by atoms with Gasteiger partial charge in [0, 0.05) is 31.9 Å². The summed E-state index contributed by atoms with van der Waals surface area (Å²) in [5.41, 5.74) is -0.422. The third-order valence-corrected chi connectivity index (χ3v) is 6.22. The number of rotatable bonds is 6. The van der Waals surface area contributed by atoms with E-state index in [-0.39, 0.29) is 10.8 Å². The number of hydrazone groups is 1. The summed E-state index contributed by atoms with van der Waals surface area (Å²) in [5, 5.41) is 4.52. The van der Waals surface area contributed by atoms with E-state index in [9.17, 15) is 18.0 Å². The van der Waals surface area contributed by atoms with Gasteiger partial charge >= 0.3 is 6.18 Å². The first-order valence-electron chi connectivity index (χ1n) is 10.0. The Balaban J connectivity index is 1.50. The van der Waals surface area contributed by atoms with Crippen molar-refractivity contribution in [2.75, 3.05) is 44.4 Å². The Bertz CT molecular complexity index is 981. The molecule has 7 nitrogen and oxygen atoms in total. The molecule has 1 aromatic heterocycles. The molecule has 1 amide bonds. The van der Waals surface area contributed by atoms with E-state index in [0.717, 1.165) is 40.7 Å². The van der Waals surface area contributed by atoms with E-state index in [2.05, 4.69) is 20.0 Å². The number of fused-ring (bicyclic) bond motifs is 1. The average Bonchev–Trinajstić information content (AvgIpc) is 3.32. The molecule has 2 aliphatic heterocycles. The molecule has 0 N–H and O–H groups in total. The van der Waals surface area contributed by atoms with Crippen molar-refractivity contribution in [3.8, 4) is 0 Å². The molecule has 2 aromatic rings. The summed E-state index contributed by atoms with van der Waals surface area (Å²) in [6.45, 7) is 5.64. The van der Waals surface area contributed by atoms with E-state index in [0.29, 0.717) is 31.7 Å². The molecule has 2 aliphatic rings. The second-order valence-corrected chi connectivity index (χ2v) is 8.37. The molecule has 0 saturated carbocycles. The third kappa shape index (κ3) is 4.78. The third-order valence-electron chi connectivity index (χ3n) is 5.21. The van der Waals surface area contributed by atoms with Crippen LogP contribution in [-0.2, 0) is 9.53 Å². The maximum absolute atomic E-state index is 13.7. The highest BCUT2D eigenvalue weighted by molar-refractivity contribution is 7.22. The highest BCUT2D eigenvalue weighted by Gasteiger charge is 2.52. The number of alkyl halides is 3. The quantitative estimate of drug-likeness (QED) is 0.497. The van der Waals surface area contributed by atoms with E-state index in [1.54, 1.807) is 24.3 Å². The van der Waals surface area contributed by atoms with Crippen LogP contribution in [0.2, 0.25) is 0 Å². The minimum atomic E-state index is -4.74. The van der Waals surface area contributed by atoms with Gasteiger partial charge in [-0.15, -0.1) is 0 Å². The van der Waals surface area contributed by atoms with E-state index in [1.165, 1.54) is 6.92 Å². The lowest BCUT2D eigenvalue weighted by Gasteiger charge is -2.26. The Morgan fingerprint density at radius 1 is 1.29 bits per heavy atom. The highest BCUT2D eigenvalue weighted by Crippen LogP contribution is 2.36. The Morgan fingerprint density at radius 3 is 2.74 bits per heavy atom. The molecule has 31 heavy (non-hydrogen) atoms. The Labute approximate surface area is 181 Å². The number of para-hydroxylation sites is 1. The number of carbonyl (C=O) groups excluding carboxylic acids is 1. The normalized spacial score (nSPS) is 21.2. The fourth-order valence-electron chi connectivity index (χ4n) is 3.60. The maximum Gasteiger partial charge on any atom is 0.432 e. The van der Waals surface area contributed by atoms with Gasteiger partial charge in [-0.25, -0.2) is 4.98 Å². The summed E-state index contributed by atoms with van der Waals surface area (Å²) in [7, 11) is 0. The van der Waals surface area contributed by atoms with Gasteiger partial charge < -0.3 is 4.74 Å². The van der Waals surface area contributed by atoms with Crippen molar-refractivity contribution in [3.63, 3.8) is 0 Å². The van der Waals surface area contributed by atoms with Crippen LogP contribution in [0.15, 0.2) is 34.4 Å². The van der Waals surface area contributed by atoms with E-state index in [4.69, 9.17) is 4.74 Å².